The lowest BCUT2D eigenvalue weighted by atomic mass is 9.68. The van der Waals surface area contributed by atoms with Crippen molar-refractivity contribution >= 4 is 17.8 Å². The number of hydrogen-bond donors (Lipinski definition) is 3. The number of carbonyl (C=O) groups excluding carboxylic acids is 2. The summed E-state index contributed by atoms with van der Waals surface area (Å²) in [6.07, 6.45) is -0.0581. The topological polar surface area (TPSA) is 122 Å². The van der Waals surface area contributed by atoms with Crippen molar-refractivity contribution in [3.8, 4) is 5.75 Å². The van der Waals surface area contributed by atoms with Crippen LogP contribution in [0.1, 0.15) is 102 Å². The average molecular weight is 571 g/mol. The van der Waals surface area contributed by atoms with Crippen molar-refractivity contribution in [2.45, 2.75) is 77.6 Å². The quantitative estimate of drug-likeness (QED) is 0.330. The molecule has 1 aromatic heterocycles. The molecular formula is C29H33F3N6O3. The largest absolute Gasteiger partial charge is 0.573 e. The van der Waals surface area contributed by atoms with E-state index in [1.807, 2.05) is 6.07 Å². The number of aryl methyl sites for hydroxylation is 1. The van der Waals surface area contributed by atoms with Gasteiger partial charge in [0.1, 0.15) is 5.75 Å². The Balaban J connectivity index is 1.34. The van der Waals surface area contributed by atoms with Crippen LogP contribution in [-0.4, -0.2) is 38.8 Å². The summed E-state index contributed by atoms with van der Waals surface area (Å²) in [4.78, 5) is 26.1. The predicted octanol–water partition coefficient (Wildman–Crippen LogP) is 6.09. The van der Waals surface area contributed by atoms with Gasteiger partial charge in [0, 0.05) is 11.1 Å². The Morgan fingerprint density at radius 1 is 0.951 bits per heavy atom. The van der Waals surface area contributed by atoms with Gasteiger partial charge in [0.15, 0.2) is 0 Å². The van der Waals surface area contributed by atoms with E-state index in [0.29, 0.717) is 35.4 Å². The van der Waals surface area contributed by atoms with Crippen molar-refractivity contribution in [3.63, 3.8) is 0 Å². The molecular weight excluding hydrogens is 537 g/mol. The first kappa shape index (κ1) is 28.6. The summed E-state index contributed by atoms with van der Waals surface area (Å²) in [5, 5.41) is 18.7. The minimum absolute atomic E-state index is 0.0396. The maximum atomic E-state index is 13.6. The van der Waals surface area contributed by atoms with Gasteiger partial charge >= 0.3 is 6.36 Å². The summed E-state index contributed by atoms with van der Waals surface area (Å²) in [7, 11) is 0. The molecule has 1 atom stereocenters. The Morgan fingerprint density at radius 2 is 1.71 bits per heavy atom. The van der Waals surface area contributed by atoms with Gasteiger partial charge in [-0.1, -0.05) is 31.9 Å². The van der Waals surface area contributed by atoms with Crippen LogP contribution in [0, 0.1) is 11.3 Å². The third-order valence-electron chi connectivity index (χ3n) is 8.25. The molecule has 41 heavy (non-hydrogen) atoms. The van der Waals surface area contributed by atoms with Crippen LogP contribution in [0.2, 0.25) is 0 Å². The number of fused-ring (bicyclic) bond motifs is 1. The number of rotatable bonds is 6. The highest BCUT2D eigenvalue weighted by Gasteiger charge is 2.35. The van der Waals surface area contributed by atoms with Gasteiger partial charge in [-0.25, -0.2) is 0 Å². The number of hydrogen-bond acceptors (Lipinski definition) is 6. The van der Waals surface area contributed by atoms with Gasteiger partial charge < -0.3 is 10.1 Å². The lowest BCUT2D eigenvalue weighted by molar-refractivity contribution is -0.274. The van der Waals surface area contributed by atoms with Crippen molar-refractivity contribution in [2.75, 3.05) is 5.32 Å². The van der Waals surface area contributed by atoms with Gasteiger partial charge in [0.2, 0.25) is 0 Å². The zero-order valence-electron chi connectivity index (χ0n) is 23.1. The lowest BCUT2D eigenvalue weighted by Gasteiger charge is -2.37. The predicted molar refractivity (Wildman–Crippen MR) is 144 cm³/mol. The molecule has 3 N–H and O–H groups in total. The number of alkyl halides is 3. The summed E-state index contributed by atoms with van der Waals surface area (Å²) >= 11 is 0. The van der Waals surface area contributed by atoms with E-state index in [0.717, 1.165) is 36.8 Å². The van der Waals surface area contributed by atoms with Crippen LogP contribution in [-0.2, 0) is 6.42 Å². The molecule has 5 rings (SSSR count). The standard InChI is InChI=1S/C29H33F3N6O3/c1-28(2,3)19-8-4-16(5-9-19)23-15-20(41-29(30,31)32)10-12-22(23)26(40)33-24-13-7-17-14-18(6-11-21(17)24)25(39)34-27-35-37-38-36-27/h6,10-12,14-16,19,24H,4-5,7-9,13H2,1-3H3,(H,33,40)(H2,34,35,36,37,38,39). The van der Waals surface area contributed by atoms with E-state index < -0.39 is 6.36 Å². The fourth-order valence-corrected chi connectivity index (χ4v) is 6.09. The molecule has 2 aliphatic rings. The molecule has 12 heteroatoms. The SMILES string of the molecule is CC(C)(C)C1CCC(c2cc(OC(F)(F)F)ccc2C(=O)NC2CCc3cc(C(=O)Nc4nn[nH]n4)ccc32)CC1. The number of H-pyrrole nitrogens is 1. The van der Waals surface area contributed by atoms with E-state index in [9.17, 15) is 22.8 Å². The van der Waals surface area contributed by atoms with Crippen LogP contribution in [0.5, 0.6) is 5.75 Å². The highest BCUT2D eigenvalue weighted by molar-refractivity contribution is 6.03. The molecule has 218 valence electrons. The van der Waals surface area contributed by atoms with Crippen LogP contribution >= 0.6 is 0 Å². The van der Waals surface area contributed by atoms with E-state index in [2.05, 4.69) is 56.8 Å². The summed E-state index contributed by atoms with van der Waals surface area (Å²) in [6, 6.07) is 8.98. The Labute approximate surface area is 235 Å². The molecule has 0 radical (unpaired) electrons. The molecule has 0 spiro atoms. The van der Waals surface area contributed by atoms with Crippen LogP contribution in [0.3, 0.4) is 0 Å². The van der Waals surface area contributed by atoms with E-state index in [1.165, 1.54) is 18.2 Å². The number of nitrogens with one attached hydrogen (secondary N) is 3. The van der Waals surface area contributed by atoms with E-state index in [-0.39, 0.29) is 40.9 Å². The molecule has 2 aliphatic carbocycles. The number of anilines is 1. The second kappa shape index (κ2) is 11.1. The number of halogens is 3. The van der Waals surface area contributed by atoms with E-state index >= 15 is 0 Å². The number of tetrazole rings is 1. The number of aromatic nitrogens is 4. The van der Waals surface area contributed by atoms with Crippen molar-refractivity contribution in [1.29, 1.82) is 0 Å². The van der Waals surface area contributed by atoms with Crippen molar-refractivity contribution in [2.24, 2.45) is 11.3 Å². The number of benzene rings is 2. The highest BCUT2D eigenvalue weighted by atomic mass is 19.4. The Morgan fingerprint density at radius 3 is 2.37 bits per heavy atom. The van der Waals surface area contributed by atoms with Crippen LogP contribution < -0.4 is 15.4 Å². The number of nitrogens with zero attached hydrogens (tertiary/aromatic N) is 3. The van der Waals surface area contributed by atoms with E-state index in [4.69, 9.17) is 0 Å². The molecule has 3 aromatic rings. The third kappa shape index (κ3) is 6.68. The average Bonchev–Trinajstić information content (AvgIpc) is 3.57. The Bertz CT molecular complexity index is 1410. The summed E-state index contributed by atoms with van der Waals surface area (Å²) < 4.78 is 43.2. The summed E-state index contributed by atoms with van der Waals surface area (Å²) in [5.41, 5.74) is 3.36. The molecule has 0 aliphatic heterocycles. The normalized spacial score (nSPS) is 20.8. The molecule has 2 amide bonds. The molecule has 0 saturated heterocycles. The van der Waals surface area contributed by atoms with Crippen LogP contribution in [0.15, 0.2) is 36.4 Å². The van der Waals surface area contributed by atoms with Crippen LogP contribution in [0.4, 0.5) is 19.1 Å². The smallest absolute Gasteiger partial charge is 0.406 e. The van der Waals surface area contributed by atoms with E-state index in [1.54, 1.807) is 12.1 Å². The first-order valence-corrected chi connectivity index (χ1v) is 13.8. The number of aromatic amines is 1. The first-order chi connectivity index (χ1) is 19.4. The maximum Gasteiger partial charge on any atom is 0.573 e. The fourth-order valence-electron chi connectivity index (χ4n) is 6.09. The Kier molecular flexibility index (Phi) is 7.76. The van der Waals surface area contributed by atoms with Gasteiger partial charge in [0.25, 0.3) is 17.8 Å². The maximum absolute atomic E-state index is 13.6. The zero-order valence-corrected chi connectivity index (χ0v) is 23.1. The second-order valence-electron chi connectivity index (χ2n) is 11.9. The monoisotopic (exact) mass is 570 g/mol. The molecule has 1 saturated carbocycles. The number of carbonyl (C=O) groups is 2. The number of ether oxygens (including phenoxy) is 1. The van der Waals surface area contributed by atoms with Gasteiger partial charge in [-0.15, -0.1) is 18.3 Å². The minimum Gasteiger partial charge on any atom is -0.406 e. The third-order valence-corrected chi connectivity index (χ3v) is 8.25. The Hall–Kier alpha value is -3.96. The minimum atomic E-state index is -4.82. The van der Waals surface area contributed by atoms with Gasteiger partial charge in [0.05, 0.1) is 6.04 Å². The van der Waals surface area contributed by atoms with Crippen molar-refractivity contribution in [3.05, 3.63) is 64.2 Å². The molecule has 2 aromatic carbocycles. The van der Waals surface area contributed by atoms with Crippen molar-refractivity contribution in [1.82, 2.24) is 25.9 Å². The molecule has 1 fully saturated rings. The molecule has 1 unspecified atom stereocenters. The molecule has 9 nitrogen and oxygen atoms in total. The number of amides is 2. The molecule has 1 heterocycles. The first-order valence-electron chi connectivity index (χ1n) is 13.8. The van der Waals surface area contributed by atoms with Gasteiger partial charge in [-0.3, -0.25) is 14.9 Å². The fraction of sp³-hybridized carbons (Fsp3) is 0.483. The highest BCUT2D eigenvalue weighted by Crippen LogP contribution is 2.45. The zero-order chi connectivity index (χ0) is 29.4. The molecule has 0 bridgehead atoms. The second-order valence-corrected chi connectivity index (χ2v) is 11.9. The summed E-state index contributed by atoms with van der Waals surface area (Å²) in [6.45, 7) is 6.62. The van der Waals surface area contributed by atoms with Gasteiger partial charge in [-0.05, 0) is 108 Å². The summed E-state index contributed by atoms with van der Waals surface area (Å²) in [5.74, 6) is -0.501. The van der Waals surface area contributed by atoms with Gasteiger partial charge in [-0.2, -0.15) is 5.21 Å². The van der Waals surface area contributed by atoms with Crippen molar-refractivity contribution < 1.29 is 27.5 Å². The van der Waals surface area contributed by atoms with Crippen LogP contribution in [0.25, 0.3) is 0 Å². The lowest BCUT2D eigenvalue weighted by Crippen LogP contribution is -2.30.